The van der Waals surface area contributed by atoms with Crippen molar-refractivity contribution in [2.24, 2.45) is 10.8 Å². The van der Waals surface area contributed by atoms with Gasteiger partial charge in [0.15, 0.2) is 5.11 Å². The van der Waals surface area contributed by atoms with Gasteiger partial charge in [0.25, 0.3) is 0 Å². The van der Waals surface area contributed by atoms with E-state index in [0.717, 1.165) is 0 Å². The van der Waals surface area contributed by atoms with Crippen LogP contribution >= 0.6 is 12.2 Å². The lowest BCUT2D eigenvalue weighted by atomic mass is 10.0. The van der Waals surface area contributed by atoms with Crippen LogP contribution in [-0.4, -0.2) is 11.3 Å². The van der Waals surface area contributed by atoms with Gasteiger partial charge in [-0.3, -0.25) is 5.43 Å². The number of thiocarbonyl (C=S) groups is 1. The van der Waals surface area contributed by atoms with E-state index < -0.39 is 40.0 Å². The molecule has 11 heteroatoms. The first kappa shape index (κ1) is 17.1. The first-order valence-electron chi connectivity index (χ1n) is 4.99. The number of hydrogen-bond donors (Lipinski definition) is 2. The van der Waals surface area contributed by atoms with Gasteiger partial charge in [0.2, 0.25) is 0 Å². The predicted molar refractivity (Wildman–Crippen MR) is 63.9 cm³/mol. The Bertz CT molecular complexity index is 577. The Hall–Kier alpha value is -1.91. The van der Waals surface area contributed by atoms with E-state index in [1.807, 2.05) is 5.43 Å². The highest BCUT2D eigenvalue weighted by molar-refractivity contribution is 7.80. The van der Waals surface area contributed by atoms with Gasteiger partial charge in [0.1, 0.15) is 5.82 Å². The molecule has 21 heavy (non-hydrogen) atoms. The van der Waals surface area contributed by atoms with Crippen molar-refractivity contribution in [2.45, 2.75) is 12.4 Å². The van der Waals surface area contributed by atoms with Crippen LogP contribution < -0.4 is 11.2 Å². The second-order valence-electron chi connectivity index (χ2n) is 3.65. The Morgan fingerprint density at radius 3 is 2.14 bits per heavy atom. The van der Waals surface area contributed by atoms with E-state index in [4.69, 9.17) is 5.73 Å². The van der Waals surface area contributed by atoms with E-state index in [1.54, 1.807) is 0 Å². The summed E-state index contributed by atoms with van der Waals surface area (Å²) in [6, 6.07) is -0.261. The standard InChI is InChI=1S/C10H6F7N3S/c11-7-2-4(9(12,13)14)1-6(10(15,16)17)5(7)3-19-20-8(18)21/h1-3H,(H3,18,20,21). The Morgan fingerprint density at radius 1 is 1.14 bits per heavy atom. The van der Waals surface area contributed by atoms with Crippen LogP contribution in [0.15, 0.2) is 17.2 Å². The first-order valence-corrected chi connectivity index (χ1v) is 5.40. The number of halogens is 7. The topological polar surface area (TPSA) is 50.4 Å². The molecule has 0 unspecified atom stereocenters. The fourth-order valence-electron chi connectivity index (χ4n) is 1.31. The summed E-state index contributed by atoms with van der Waals surface area (Å²) in [6.45, 7) is 0. The highest BCUT2D eigenvalue weighted by Crippen LogP contribution is 2.37. The van der Waals surface area contributed by atoms with Crippen LogP contribution in [0.25, 0.3) is 0 Å². The number of benzene rings is 1. The molecule has 1 rings (SSSR count). The summed E-state index contributed by atoms with van der Waals surface area (Å²) < 4.78 is 88.9. The first-order chi connectivity index (χ1) is 9.43. The number of nitrogens with one attached hydrogen (secondary N) is 1. The van der Waals surface area contributed by atoms with E-state index >= 15 is 0 Å². The van der Waals surface area contributed by atoms with E-state index in [-0.39, 0.29) is 12.1 Å². The van der Waals surface area contributed by atoms with Crippen LogP contribution in [0.2, 0.25) is 0 Å². The summed E-state index contributed by atoms with van der Waals surface area (Å²) in [5.74, 6) is -1.73. The van der Waals surface area contributed by atoms with Crippen molar-refractivity contribution in [2.75, 3.05) is 0 Å². The van der Waals surface area contributed by atoms with Gasteiger partial charge < -0.3 is 5.73 Å². The number of nitrogens with zero attached hydrogens (tertiary/aromatic N) is 1. The SMILES string of the molecule is NC(=S)NN=Cc1c(F)cc(C(F)(F)F)cc1C(F)(F)F. The molecule has 3 nitrogen and oxygen atoms in total. The molecule has 1 aromatic rings. The molecule has 0 heterocycles. The zero-order valence-corrected chi connectivity index (χ0v) is 10.6. The number of hydrogen-bond acceptors (Lipinski definition) is 2. The fourth-order valence-corrected chi connectivity index (χ4v) is 1.36. The summed E-state index contributed by atoms with van der Waals surface area (Å²) in [4.78, 5) is 0. The van der Waals surface area contributed by atoms with Crippen LogP contribution in [0, 0.1) is 5.82 Å². The lowest BCUT2D eigenvalue weighted by molar-refractivity contribution is -0.143. The predicted octanol–water partition coefficient (Wildman–Crippen LogP) is 3.03. The lowest BCUT2D eigenvalue weighted by Gasteiger charge is -2.14. The smallest absolute Gasteiger partial charge is 0.375 e. The van der Waals surface area contributed by atoms with Crippen LogP contribution in [0.5, 0.6) is 0 Å². The summed E-state index contributed by atoms with van der Waals surface area (Å²) in [7, 11) is 0. The Balaban J connectivity index is 3.43. The molecule has 116 valence electrons. The van der Waals surface area contributed by atoms with Crippen molar-refractivity contribution in [3.8, 4) is 0 Å². The van der Waals surface area contributed by atoms with Gasteiger partial charge in [0, 0.05) is 5.56 Å². The summed E-state index contributed by atoms with van der Waals surface area (Å²) in [6.07, 6.45) is -9.97. The molecule has 0 amide bonds. The average molecular weight is 333 g/mol. The van der Waals surface area contributed by atoms with E-state index in [2.05, 4.69) is 17.3 Å². The Morgan fingerprint density at radius 2 is 1.71 bits per heavy atom. The largest absolute Gasteiger partial charge is 0.417 e. The van der Waals surface area contributed by atoms with Gasteiger partial charge in [0.05, 0.1) is 17.3 Å². The lowest BCUT2D eigenvalue weighted by Crippen LogP contribution is -2.24. The number of nitrogens with two attached hydrogens (primary N) is 1. The number of alkyl halides is 6. The third kappa shape index (κ3) is 4.55. The summed E-state index contributed by atoms with van der Waals surface area (Å²) in [5, 5.41) is 2.70. The minimum atomic E-state index is -5.20. The molecule has 0 atom stereocenters. The van der Waals surface area contributed by atoms with Crippen molar-refractivity contribution in [1.29, 1.82) is 0 Å². The van der Waals surface area contributed by atoms with Crippen molar-refractivity contribution in [3.05, 3.63) is 34.6 Å². The van der Waals surface area contributed by atoms with Gasteiger partial charge in [-0.2, -0.15) is 31.4 Å². The number of hydrazone groups is 1. The normalized spacial score (nSPS) is 12.7. The molecule has 0 fully saturated rings. The van der Waals surface area contributed by atoms with Gasteiger partial charge in [-0.15, -0.1) is 0 Å². The molecular formula is C10H6F7N3S. The molecule has 0 aliphatic carbocycles. The van der Waals surface area contributed by atoms with Gasteiger partial charge in [-0.25, -0.2) is 4.39 Å². The monoisotopic (exact) mass is 333 g/mol. The Labute approximate surface area is 118 Å². The molecule has 1 aromatic carbocycles. The molecule has 0 saturated carbocycles. The van der Waals surface area contributed by atoms with Crippen LogP contribution in [0.4, 0.5) is 30.7 Å². The fraction of sp³-hybridized carbons (Fsp3) is 0.200. The molecule has 0 aromatic heterocycles. The maximum atomic E-state index is 13.5. The molecule has 0 spiro atoms. The minimum absolute atomic E-state index is 0.0582. The Kier molecular flexibility index (Phi) is 4.76. The van der Waals surface area contributed by atoms with Gasteiger partial charge >= 0.3 is 12.4 Å². The van der Waals surface area contributed by atoms with E-state index in [9.17, 15) is 30.7 Å². The van der Waals surface area contributed by atoms with E-state index in [0.29, 0.717) is 6.21 Å². The highest BCUT2D eigenvalue weighted by atomic mass is 32.1. The third-order valence-electron chi connectivity index (χ3n) is 2.13. The van der Waals surface area contributed by atoms with Crippen molar-refractivity contribution in [3.63, 3.8) is 0 Å². The highest BCUT2D eigenvalue weighted by Gasteiger charge is 2.39. The zero-order chi connectivity index (χ0) is 16.4. The van der Waals surface area contributed by atoms with Gasteiger partial charge in [-0.05, 0) is 24.4 Å². The quantitative estimate of drug-likeness (QED) is 0.379. The second kappa shape index (κ2) is 5.84. The van der Waals surface area contributed by atoms with Crippen LogP contribution in [0.1, 0.15) is 16.7 Å². The van der Waals surface area contributed by atoms with Gasteiger partial charge in [-0.1, -0.05) is 0 Å². The molecule has 0 aliphatic heterocycles. The van der Waals surface area contributed by atoms with Crippen LogP contribution in [0.3, 0.4) is 0 Å². The van der Waals surface area contributed by atoms with Crippen molar-refractivity contribution in [1.82, 2.24) is 5.43 Å². The maximum absolute atomic E-state index is 13.5. The second-order valence-corrected chi connectivity index (χ2v) is 4.09. The maximum Gasteiger partial charge on any atom is 0.417 e. The summed E-state index contributed by atoms with van der Waals surface area (Å²) in [5.41, 5.74) is 2.07. The van der Waals surface area contributed by atoms with E-state index in [1.165, 1.54) is 0 Å². The molecule has 0 aliphatic rings. The minimum Gasteiger partial charge on any atom is -0.375 e. The summed E-state index contributed by atoms with van der Waals surface area (Å²) >= 11 is 4.31. The molecule has 0 bridgehead atoms. The molecular weight excluding hydrogens is 327 g/mol. The molecule has 0 radical (unpaired) electrons. The number of rotatable bonds is 2. The van der Waals surface area contributed by atoms with Crippen molar-refractivity contribution >= 4 is 23.5 Å². The van der Waals surface area contributed by atoms with Crippen LogP contribution in [-0.2, 0) is 12.4 Å². The average Bonchev–Trinajstić information content (AvgIpc) is 2.27. The van der Waals surface area contributed by atoms with Crippen molar-refractivity contribution < 1.29 is 30.7 Å². The zero-order valence-electron chi connectivity index (χ0n) is 9.81. The molecule has 0 saturated heterocycles. The third-order valence-corrected chi connectivity index (χ3v) is 2.22. The molecule has 3 N–H and O–H groups in total.